The number of aliphatic hydroxyl groups excluding tert-OH is 1. The maximum absolute atomic E-state index is 12.5. The van der Waals surface area contributed by atoms with Gasteiger partial charge in [0.1, 0.15) is 24.1 Å². The van der Waals surface area contributed by atoms with Crippen molar-refractivity contribution in [2.45, 2.75) is 31.2 Å². The molecule has 0 spiro atoms. The summed E-state index contributed by atoms with van der Waals surface area (Å²) in [6.45, 7) is -0.481. The first-order valence-corrected chi connectivity index (χ1v) is 9.45. The Labute approximate surface area is 175 Å². The number of nitro groups is 1. The van der Waals surface area contributed by atoms with Crippen LogP contribution in [0.1, 0.15) is 28.8 Å². The quantitative estimate of drug-likeness (QED) is 0.408. The van der Waals surface area contributed by atoms with E-state index in [9.17, 15) is 33.2 Å². The fraction of sp³-hybridized carbons (Fsp3) is 0.350. The van der Waals surface area contributed by atoms with Gasteiger partial charge in [0.2, 0.25) is 0 Å². The normalized spacial score (nSPS) is 14.6. The van der Waals surface area contributed by atoms with E-state index in [1.54, 1.807) is 0 Å². The van der Waals surface area contributed by atoms with Crippen molar-refractivity contribution in [3.63, 3.8) is 0 Å². The van der Waals surface area contributed by atoms with Crippen molar-refractivity contribution in [3.05, 3.63) is 63.7 Å². The number of aliphatic hydroxyl groups is 1. The molecule has 11 heteroatoms. The number of benzene rings is 2. The largest absolute Gasteiger partial charge is 0.491 e. The van der Waals surface area contributed by atoms with E-state index in [2.05, 4.69) is 10.6 Å². The zero-order valence-electron chi connectivity index (χ0n) is 16.2. The van der Waals surface area contributed by atoms with E-state index in [0.29, 0.717) is 5.69 Å². The van der Waals surface area contributed by atoms with E-state index in [1.165, 1.54) is 12.1 Å². The Morgan fingerprint density at radius 3 is 2.48 bits per heavy atom. The highest BCUT2D eigenvalue weighted by Crippen LogP contribution is 2.32. The van der Waals surface area contributed by atoms with Crippen LogP contribution in [-0.2, 0) is 6.18 Å². The molecule has 0 saturated heterocycles. The van der Waals surface area contributed by atoms with Crippen molar-refractivity contribution in [1.29, 1.82) is 0 Å². The van der Waals surface area contributed by atoms with Crippen molar-refractivity contribution in [2.75, 3.05) is 18.5 Å². The number of halogens is 3. The van der Waals surface area contributed by atoms with Gasteiger partial charge in [0.15, 0.2) is 0 Å². The lowest BCUT2D eigenvalue weighted by atomic mass is 10.1. The van der Waals surface area contributed by atoms with Crippen molar-refractivity contribution in [1.82, 2.24) is 5.32 Å². The monoisotopic (exact) mass is 439 g/mol. The minimum atomic E-state index is -4.45. The topological polar surface area (TPSA) is 114 Å². The van der Waals surface area contributed by atoms with Crippen LogP contribution in [0.3, 0.4) is 0 Å². The Hall–Kier alpha value is -3.34. The molecule has 1 aliphatic rings. The van der Waals surface area contributed by atoms with Crippen LogP contribution in [0, 0.1) is 10.1 Å². The molecule has 166 valence electrons. The first-order valence-electron chi connectivity index (χ1n) is 9.45. The molecule has 1 unspecified atom stereocenters. The SMILES string of the molecule is O=C(NCC(O)COc1ccc(C(F)(F)F)cc1)c1ccc(NC2CC2)c([N+](=O)[O-])c1. The number of carbonyl (C=O) groups excluding carboxylic acids is 1. The first-order chi connectivity index (χ1) is 14.6. The summed E-state index contributed by atoms with van der Waals surface area (Å²) in [7, 11) is 0. The summed E-state index contributed by atoms with van der Waals surface area (Å²) in [5.74, 6) is -0.484. The minimum absolute atomic E-state index is 0.0592. The molecule has 1 fully saturated rings. The maximum Gasteiger partial charge on any atom is 0.416 e. The van der Waals surface area contributed by atoms with Crippen LogP contribution in [0.15, 0.2) is 42.5 Å². The molecule has 3 rings (SSSR count). The zero-order valence-corrected chi connectivity index (χ0v) is 16.2. The maximum atomic E-state index is 12.5. The molecule has 1 atom stereocenters. The molecule has 1 saturated carbocycles. The van der Waals surface area contributed by atoms with Gasteiger partial charge in [0, 0.05) is 24.2 Å². The van der Waals surface area contributed by atoms with Crippen LogP contribution in [0.2, 0.25) is 0 Å². The molecule has 2 aromatic rings. The van der Waals surface area contributed by atoms with E-state index < -0.39 is 28.7 Å². The fourth-order valence-electron chi connectivity index (χ4n) is 2.70. The Balaban J connectivity index is 1.50. The minimum Gasteiger partial charge on any atom is -0.491 e. The number of hydrogen-bond donors (Lipinski definition) is 3. The third-order valence-electron chi connectivity index (χ3n) is 4.52. The van der Waals surface area contributed by atoms with Gasteiger partial charge < -0.3 is 20.5 Å². The van der Waals surface area contributed by atoms with Crippen LogP contribution in [0.5, 0.6) is 5.75 Å². The molecule has 0 aliphatic heterocycles. The summed E-state index contributed by atoms with van der Waals surface area (Å²) in [5, 5.41) is 26.7. The average Bonchev–Trinajstić information content (AvgIpc) is 3.54. The summed E-state index contributed by atoms with van der Waals surface area (Å²) in [5.41, 5.74) is -0.635. The van der Waals surface area contributed by atoms with Crippen LogP contribution in [-0.4, -0.2) is 41.2 Å². The van der Waals surface area contributed by atoms with Crippen LogP contribution < -0.4 is 15.4 Å². The number of hydrogen-bond acceptors (Lipinski definition) is 6. The molecule has 0 radical (unpaired) electrons. The van der Waals surface area contributed by atoms with Crippen LogP contribution in [0.4, 0.5) is 24.5 Å². The summed E-state index contributed by atoms with van der Waals surface area (Å²) >= 11 is 0. The number of anilines is 1. The molecule has 2 aromatic carbocycles. The number of carbonyl (C=O) groups is 1. The lowest BCUT2D eigenvalue weighted by Crippen LogP contribution is -2.35. The second-order valence-corrected chi connectivity index (χ2v) is 7.10. The summed E-state index contributed by atoms with van der Waals surface area (Å²) in [6.07, 6.45) is -3.72. The highest BCUT2D eigenvalue weighted by Gasteiger charge is 2.30. The number of rotatable bonds is 9. The third-order valence-corrected chi connectivity index (χ3v) is 4.52. The molecule has 0 aromatic heterocycles. The standard InChI is InChI=1S/C20H20F3N3O5/c21-20(22,23)13-2-6-16(7-3-13)31-11-15(27)10-24-19(28)12-1-8-17(25-14-4-5-14)18(9-12)26(29)30/h1-3,6-9,14-15,25,27H,4-5,10-11H2,(H,24,28). The lowest BCUT2D eigenvalue weighted by molar-refractivity contribution is -0.384. The zero-order chi connectivity index (χ0) is 22.6. The van der Waals surface area contributed by atoms with Crippen LogP contribution >= 0.6 is 0 Å². The smallest absolute Gasteiger partial charge is 0.416 e. The fourth-order valence-corrected chi connectivity index (χ4v) is 2.70. The number of nitrogens with zero attached hydrogens (tertiary/aromatic N) is 1. The summed E-state index contributed by atoms with van der Waals surface area (Å²) < 4.78 is 42.8. The van der Waals surface area contributed by atoms with E-state index in [4.69, 9.17) is 4.74 Å². The Morgan fingerprint density at radius 2 is 1.90 bits per heavy atom. The van der Waals surface area contributed by atoms with Crippen molar-refractivity contribution < 1.29 is 32.7 Å². The number of ether oxygens (including phenoxy) is 1. The highest BCUT2D eigenvalue weighted by atomic mass is 19.4. The van der Waals surface area contributed by atoms with Gasteiger partial charge in [-0.25, -0.2) is 0 Å². The van der Waals surface area contributed by atoms with Crippen molar-refractivity contribution in [3.8, 4) is 5.75 Å². The van der Waals surface area contributed by atoms with Gasteiger partial charge in [0.25, 0.3) is 11.6 Å². The van der Waals surface area contributed by atoms with E-state index >= 15 is 0 Å². The Kier molecular flexibility index (Phi) is 6.64. The molecule has 1 amide bonds. The number of nitrogens with one attached hydrogen (secondary N) is 2. The second kappa shape index (κ2) is 9.21. The molecule has 0 bridgehead atoms. The number of alkyl halides is 3. The molecule has 1 aliphatic carbocycles. The van der Waals surface area contributed by atoms with Gasteiger partial charge in [0.05, 0.1) is 10.5 Å². The Morgan fingerprint density at radius 1 is 1.23 bits per heavy atom. The second-order valence-electron chi connectivity index (χ2n) is 7.10. The van der Waals surface area contributed by atoms with E-state index in [-0.39, 0.29) is 36.2 Å². The lowest BCUT2D eigenvalue weighted by Gasteiger charge is -2.14. The van der Waals surface area contributed by atoms with Gasteiger partial charge in [-0.05, 0) is 49.2 Å². The molecule has 8 nitrogen and oxygen atoms in total. The molecule has 0 heterocycles. The predicted octanol–water partition coefficient (Wildman–Crippen LogP) is 3.36. The summed E-state index contributed by atoms with van der Waals surface area (Å²) in [4.78, 5) is 23.0. The third kappa shape index (κ3) is 6.32. The molecule has 31 heavy (non-hydrogen) atoms. The van der Waals surface area contributed by atoms with Gasteiger partial charge in [-0.2, -0.15) is 13.2 Å². The van der Waals surface area contributed by atoms with Gasteiger partial charge in [-0.15, -0.1) is 0 Å². The van der Waals surface area contributed by atoms with Gasteiger partial charge in [-0.3, -0.25) is 14.9 Å². The first kappa shape index (κ1) is 22.3. The summed E-state index contributed by atoms with van der Waals surface area (Å²) in [6, 6.07) is 8.25. The number of nitro benzene ring substituents is 1. The molecular formula is C20H20F3N3O5. The van der Waals surface area contributed by atoms with E-state index in [0.717, 1.165) is 43.2 Å². The van der Waals surface area contributed by atoms with Gasteiger partial charge >= 0.3 is 6.18 Å². The average molecular weight is 439 g/mol. The highest BCUT2D eigenvalue weighted by molar-refractivity contribution is 5.95. The number of amides is 1. The van der Waals surface area contributed by atoms with E-state index in [1.807, 2.05) is 0 Å². The molecular weight excluding hydrogens is 419 g/mol. The molecule has 3 N–H and O–H groups in total. The van der Waals surface area contributed by atoms with Gasteiger partial charge in [-0.1, -0.05) is 0 Å². The van der Waals surface area contributed by atoms with Crippen molar-refractivity contribution in [2.24, 2.45) is 0 Å². The predicted molar refractivity (Wildman–Crippen MR) is 105 cm³/mol. The Bertz CT molecular complexity index is 946. The van der Waals surface area contributed by atoms with Crippen molar-refractivity contribution >= 4 is 17.3 Å². The van der Waals surface area contributed by atoms with Crippen LogP contribution in [0.25, 0.3) is 0 Å².